The van der Waals surface area contributed by atoms with Crippen LogP contribution in [0.5, 0.6) is 0 Å². The first-order chi connectivity index (χ1) is 16.9. The zero-order valence-corrected chi connectivity index (χ0v) is 21.1. The Morgan fingerprint density at radius 2 is 1.71 bits per heavy atom. The fraction of sp³-hybridized carbons (Fsp3) is 0.480. The first-order valence-corrected chi connectivity index (χ1v) is 13.5. The molecule has 2 aliphatic rings. The van der Waals surface area contributed by atoms with Gasteiger partial charge in [0.2, 0.25) is 0 Å². The molecule has 35 heavy (non-hydrogen) atoms. The quantitative estimate of drug-likeness (QED) is 0.515. The maximum atomic E-state index is 15.2. The number of hydrogen-bond acceptors (Lipinski definition) is 6. The third kappa shape index (κ3) is 5.29. The van der Waals surface area contributed by atoms with Gasteiger partial charge in [0.15, 0.2) is 0 Å². The average molecular weight is 505 g/mol. The van der Waals surface area contributed by atoms with Gasteiger partial charge in [-0.2, -0.15) is 12.7 Å². The summed E-state index contributed by atoms with van der Waals surface area (Å²) in [4.78, 5) is 16.7. The Morgan fingerprint density at radius 3 is 2.34 bits per heavy atom. The first-order valence-electron chi connectivity index (χ1n) is 12.1. The molecule has 10 heteroatoms. The normalized spacial score (nSPS) is 19.6. The molecule has 1 atom stereocenters. The average Bonchev–Trinajstić information content (AvgIpc) is 3.14. The number of rotatable bonds is 8. The number of nitrogens with zero attached hydrogens (tertiary/aromatic N) is 4. The number of ether oxygens (including phenoxy) is 1. The molecule has 2 aromatic carbocycles. The van der Waals surface area contributed by atoms with E-state index in [2.05, 4.69) is 4.90 Å². The Labute approximate surface area is 207 Å². The molecule has 0 radical (unpaired) electrons. The van der Waals surface area contributed by atoms with Crippen molar-refractivity contribution in [3.05, 3.63) is 59.9 Å². The molecule has 0 bridgehead atoms. The topological polar surface area (TPSA) is 73.4 Å². The Balaban J connectivity index is 1.46. The highest BCUT2D eigenvalue weighted by Crippen LogP contribution is 2.31. The van der Waals surface area contributed by atoms with Crippen LogP contribution in [0.4, 0.5) is 15.8 Å². The molecular weight excluding hydrogens is 471 g/mol. The lowest BCUT2D eigenvalue weighted by molar-refractivity contribution is -0.150. The van der Waals surface area contributed by atoms with Gasteiger partial charge in [-0.05, 0) is 31.0 Å². The van der Waals surface area contributed by atoms with Crippen LogP contribution in [0.2, 0.25) is 0 Å². The van der Waals surface area contributed by atoms with Crippen LogP contribution in [0.3, 0.4) is 0 Å². The summed E-state index contributed by atoms with van der Waals surface area (Å²) in [5.41, 5.74) is 1.65. The molecule has 0 amide bonds. The number of halogens is 1. The highest BCUT2D eigenvalue weighted by atomic mass is 32.2. The molecular formula is C25H33FN4O4S. The predicted octanol–water partition coefficient (Wildman–Crippen LogP) is 3.03. The molecule has 0 aliphatic carbocycles. The summed E-state index contributed by atoms with van der Waals surface area (Å²) < 4.78 is 48.8. The van der Waals surface area contributed by atoms with E-state index in [4.69, 9.17) is 4.74 Å². The number of anilines is 2. The van der Waals surface area contributed by atoms with Crippen molar-refractivity contribution in [1.29, 1.82) is 0 Å². The molecule has 2 saturated heterocycles. The zero-order chi connectivity index (χ0) is 25.0. The lowest BCUT2D eigenvalue weighted by atomic mass is 10.0. The lowest BCUT2D eigenvalue weighted by Crippen LogP contribution is -2.49. The molecule has 4 rings (SSSR count). The van der Waals surface area contributed by atoms with Crippen molar-refractivity contribution in [3.8, 4) is 0 Å². The molecule has 190 valence electrons. The minimum Gasteiger partial charge on any atom is -0.465 e. The minimum atomic E-state index is -3.62. The van der Waals surface area contributed by atoms with Crippen LogP contribution < -0.4 is 9.21 Å². The zero-order valence-electron chi connectivity index (χ0n) is 20.3. The number of benzene rings is 2. The van der Waals surface area contributed by atoms with E-state index in [1.54, 1.807) is 19.1 Å². The largest absolute Gasteiger partial charge is 0.465 e. The fourth-order valence-corrected chi connectivity index (χ4v) is 6.49. The van der Waals surface area contributed by atoms with Crippen molar-refractivity contribution in [3.63, 3.8) is 0 Å². The molecule has 2 fully saturated rings. The number of piperazine rings is 1. The van der Waals surface area contributed by atoms with Crippen molar-refractivity contribution >= 4 is 27.6 Å². The van der Waals surface area contributed by atoms with E-state index in [-0.39, 0.29) is 5.97 Å². The van der Waals surface area contributed by atoms with Crippen molar-refractivity contribution in [1.82, 2.24) is 9.21 Å². The summed E-state index contributed by atoms with van der Waals surface area (Å²) >= 11 is 0. The molecule has 2 aromatic rings. The van der Waals surface area contributed by atoms with Crippen LogP contribution in [-0.4, -0.2) is 76.0 Å². The maximum Gasteiger partial charge on any atom is 0.328 e. The number of carbonyl (C=O) groups excluding carboxylic acids is 1. The second-order valence-corrected chi connectivity index (χ2v) is 10.6. The fourth-order valence-electron chi connectivity index (χ4n) is 4.79. The van der Waals surface area contributed by atoms with Crippen LogP contribution in [0, 0.1) is 5.82 Å². The Morgan fingerprint density at radius 1 is 1.00 bits per heavy atom. The van der Waals surface area contributed by atoms with Crippen molar-refractivity contribution in [2.24, 2.45) is 0 Å². The molecule has 0 aromatic heterocycles. The van der Waals surface area contributed by atoms with E-state index in [1.807, 2.05) is 42.2 Å². The van der Waals surface area contributed by atoms with Crippen LogP contribution in [0.1, 0.15) is 31.9 Å². The van der Waals surface area contributed by atoms with E-state index < -0.39 is 22.1 Å². The summed E-state index contributed by atoms with van der Waals surface area (Å²) in [6.07, 6.45) is 0.730. The van der Waals surface area contributed by atoms with Gasteiger partial charge in [0, 0.05) is 51.9 Å². The van der Waals surface area contributed by atoms with Gasteiger partial charge >= 0.3 is 16.2 Å². The smallest absolute Gasteiger partial charge is 0.328 e. The molecule has 2 aliphatic heterocycles. The number of esters is 1. The molecule has 1 unspecified atom stereocenters. The van der Waals surface area contributed by atoms with Gasteiger partial charge in [0.1, 0.15) is 11.9 Å². The van der Waals surface area contributed by atoms with E-state index >= 15 is 4.39 Å². The Bertz CT molecular complexity index is 1120. The molecule has 0 spiro atoms. The Hall–Kier alpha value is -2.69. The molecule has 0 saturated carbocycles. The molecule has 2 heterocycles. The van der Waals surface area contributed by atoms with Gasteiger partial charge in [-0.25, -0.2) is 9.18 Å². The number of carbonyl (C=O) groups is 1. The first kappa shape index (κ1) is 25.4. The number of hydrogen-bond donors (Lipinski definition) is 0. The molecule has 0 N–H and O–H groups in total. The minimum absolute atomic E-state index is 0.286. The van der Waals surface area contributed by atoms with Gasteiger partial charge in [-0.3, -0.25) is 9.21 Å². The van der Waals surface area contributed by atoms with E-state index in [0.29, 0.717) is 63.8 Å². The third-order valence-electron chi connectivity index (χ3n) is 6.49. The summed E-state index contributed by atoms with van der Waals surface area (Å²) in [6, 6.07) is 13.7. The van der Waals surface area contributed by atoms with Crippen LogP contribution in [0.25, 0.3) is 0 Å². The lowest BCUT2D eigenvalue weighted by Gasteiger charge is -2.39. The third-order valence-corrected chi connectivity index (χ3v) is 8.46. The van der Waals surface area contributed by atoms with Crippen LogP contribution in [-0.2, 0) is 19.7 Å². The van der Waals surface area contributed by atoms with Crippen molar-refractivity contribution in [2.75, 3.05) is 61.6 Å². The van der Waals surface area contributed by atoms with E-state index in [9.17, 15) is 13.2 Å². The second kappa shape index (κ2) is 10.9. The van der Waals surface area contributed by atoms with Crippen molar-refractivity contribution < 1.29 is 22.3 Å². The molecule has 8 nitrogen and oxygen atoms in total. The summed E-state index contributed by atoms with van der Waals surface area (Å²) in [7, 11) is -3.62. The predicted molar refractivity (Wildman–Crippen MR) is 134 cm³/mol. The van der Waals surface area contributed by atoms with Crippen molar-refractivity contribution in [2.45, 2.75) is 26.3 Å². The van der Waals surface area contributed by atoms with E-state index in [1.165, 1.54) is 14.7 Å². The van der Waals surface area contributed by atoms with Gasteiger partial charge in [0.25, 0.3) is 0 Å². The SMILES string of the molecule is CCCN1CCN(c2ccc(N3CCN(C(C(=O)OCC)c4ccccc4)CC3)c(F)c2)S1(=O)=O. The van der Waals surface area contributed by atoms with Gasteiger partial charge < -0.3 is 9.64 Å². The Kier molecular flexibility index (Phi) is 7.93. The highest BCUT2D eigenvalue weighted by molar-refractivity contribution is 7.90. The summed E-state index contributed by atoms with van der Waals surface area (Å²) in [5, 5.41) is 0. The van der Waals surface area contributed by atoms with E-state index in [0.717, 1.165) is 12.0 Å². The second-order valence-electron chi connectivity index (χ2n) is 8.70. The van der Waals surface area contributed by atoms with Crippen LogP contribution in [0.15, 0.2) is 48.5 Å². The van der Waals surface area contributed by atoms with Crippen LogP contribution >= 0.6 is 0 Å². The van der Waals surface area contributed by atoms with Gasteiger partial charge in [-0.15, -0.1) is 0 Å². The summed E-state index contributed by atoms with van der Waals surface area (Å²) in [6.45, 7) is 7.40. The summed E-state index contributed by atoms with van der Waals surface area (Å²) in [5.74, 6) is -0.739. The van der Waals surface area contributed by atoms with Gasteiger partial charge in [-0.1, -0.05) is 37.3 Å². The maximum absolute atomic E-state index is 15.2. The standard InChI is InChI=1S/C25H33FN4O4S/c1-3-12-29-17-18-30(35(29,32)33)21-10-11-23(22(26)19-21)27-13-15-28(16-14-27)24(25(31)34-4-2)20-8-6-5-7-9-20/h5-11,19,24H,3-4,12-18H2,1-2H3. The van der Waals surface area contributed by atoms with Gasteiger partial charge in [0.05, 0.1) is 18.0 Å². The highest BCUT2D eigenvalue weighted by Gasteiger charge is 2.37. The monoisotopic (exact) mass is 504 g/mol.